The van der Waals surface area contributed by atoms with Crippen molar-refractivity contribution in [3.63, 3.8) is 0 Å². The number of rotatable bonds is 6. The molecule has 3 atom stereocenters. The lowest BCUT2D eigenvalue weighted by Gasteiger charge is -2.16. The van der Waals surface area contributed by atoms with Crippen LogP contribution in [0.5, 0.6) is 0 Å². The summed E-state index contributed by atoms with van der Waals surface area (Å²) in [6.07, 6.45) is 4.23. The molecule has 0 aliphatic rings. The van der Waals surface area contributed by atoms with Crippen molar-refractivity contribution in [2.75, 3.05) is 6.61 Å². The molecule has 0 saturated heterocycles. The third-order valence-corrected chi connectivity index (χ3v) is 2.30. The standard InChI is InChI=1S/C14H22O5/c1-5-11(16)12(17)9-10(15)7-6-8-19-13(18)14(2,3)4/h1,6-7,10-12,15-17H,8-9H2,2-4H3/b7-6+/t10-,11-,12-/m1/s1. The van der Waals surface area contributed by atoms with E-state index < -0.39 is 23.7 Å². The summed E-state index contributed by atoms with van der Waals surface area (Å²) in [4.78, 5) is 11.4. The van der Waals surface area contributed by atoms with Gasteiger partial charge >= 0.3 is 5.97 Å². The van der Waals surface area contributed by atoms with Crippen molar-refractivity contribution >= 4 is 5.97 Å². The number of esters is 1. The van der Waals surface area contributed by atoms with Gasteiger partial charge in [-0.25, -0.2) is 0 Å². The number of terminal acetylenes is 1. The van der Waals surface area contributed by atoms with Crippen LogP contribution in [0.4, 0.5) is 0 Å². The molecule has 5 nitrogen and oxygen atoms in total. The minimum atomic E-state index is -1.30. The smallest absolute Gasteiger partial charge is 0.311 e. The summed E-state index contributed by atoms with van der Waals surface area (Å²) in [7, 11) is 0. The van der Waals surface area contributed by atoms with E-state index in [1.165, 1.54) is 12.2 Å². The largest absolute Gasteiger partial charge is 0.461 e. The molecule has 0 aromatic rings. The SMILES string of the molecule is C#C[C@@H](O)[C@H](O)C[C@H](O)/C=C/COC(=O)C(C)(C)C. The summed E-state index contributed by atoms with van der Waals surface area (Å²) in [6.45, 7) is 5.27. The first kappa shape index (κ1) is 17.6. The van der Waals surface area contributed by atoms with Gasteiger partial charge in [-0.05, 0) is 26.8 Å². The molecule has 3 N–H and O–H groups in total. The number of aliphatic hydroxyl groups is 3. The molecule has 0 bridgehead atoms. The van der Waals surface area contributed by atoms with Crippen LogP contribution < -0.4 is 0 Å². The van der Waals surface area contributed by atoms with Crippen LogP contribution in [0.1, 0.15) is 27.2 Å². The van der Waals surface area contributed by atoms with Crippen molar-refractivity contribution in [2.24, 2.45) is 5.41 Å². The highest BCUT2D eigenvalue weighted by Crippen LogP contribution is 2.14. The third kappa shape index (κ3) is 7.62. The summed E-state index contributed by atoms with van der Waals surface area (Å²) in [5.74, 6) is 1.63. The van der Waals surface area contributed by atoms with Gasteiger partial charge in [0.1, 0.15) is 12.7 Å². The fraction of sp³-hybridized carbons (Fsp3) is 0.643. The van der Waals surface area contributed by atoms with Crippen molar-refractivity contribution in [2.45, 2.75) is 45.5 Å². The van der Waals surface area contributed by atoms with Gasteiger partial charge in [0.15, 0.2) is 0 Å². The second kappa shape index (κ2) is 7.95. The van der Waals surface area contributed by atoms with Gasteiger partial charge in [0.25, 0.3) is 0 Å². The Kier molecular flexibility index (Phi) is 7.38. The molecule has 5 heteroatoms. The van der Waals surface area contributed by atoms with E-state index in [0.29, 0.717) is 0 Å². The summed E-state index contributed by atoms with van der Waals surface area (Å²) in [6, 6.07) is 0. The zero-order chi connectivity index (χ0) is 15.1. The molecule has 108 valence electrons. The van der Waals surface area contributed by atoms with Gasteiger partial charge in [0, 0.05) is 6.42 Å². The van der Waals surface area contributed by atoms with E-state index >= 15 is 0 Å². The quantitative estimate of drug-likeness (QED) is 0.365. The van der Waals surface area contributed by atoms with Crippen LogP contribution in [0.25, 0.3) is 0 Å². The van der Waals surface area contributed by atoms with Crippen LogP contribution in [0.2, 0.25) is 0 Å². The molecular weight excluding hydrogens is 248 g/mol. The van der Waals surface area contributed by atoms with Gasteiger partial charge in [-0.1, -0.05) is 12.0 Å². The third-order valence-electron chi connectivity index (χ3n) is 2.30. The normalized spacial score (nSPS) is 16.7. The minimum absolute atomic E-state index is 0.0426. The topological polar surface area (TPSA) is 87.0 Å². The van der Waals surface area contributed by atoms with Gasteiger partial charge in [-0.3, -0.25) is 4.79 Å². The number of hydrogen-bond acceptors (Lipinski definition) is 5. The van der Waals surface area contributed by atoms with Crippen LogP contribution in [0, 0.1) is 17.8 Å². The van der Waals surface area contributed by atoms with E-state index in [1.54, 1.807) is 20.8 Å². The van der Waals surface area contributed by atoms with E-state index in [2.05, 4.69) is 0 Å². The number of ether oxygens (including phenoxy) is 1. The second-order valence-electron chi connectivity index (χ2n) is 5.26. The second-order valence-corrected chi connectivity index (χ2v) is 5.26. The van der Waals surface area contributed by atoms with E-state index in [9.17, 15) is 15.0 Å². The van der Waals surface area contributed by atoms with Crippen molar-refractivity contribution in [1.82, 2.24) is 0 Å². The summed E-state index contributed by atoms with van der Waals surface area (Å²) in [5.41, 5.74) is -0.570. The minimum Gasteiger partial charge on any atom is -0.461 e. The number of hydrogen-bond donors (Lipinski definition) is 3. The fourth-order valence-corrected chi connectivity index (χ4v) is 1.12. The average molecular weight is 270 g/mol. The average Bonchev–Trinajstić information content (AvgIpc) is 2.31. The Morgan fingerprint density at radius 3 is 2.42 bits per heavy atom. The lowest BCUT2D eigenvalue weighted by molar-refractivity contribution is -0.151. The molecule has 0 saturated carbocycles. The molecule has 0 spiro atoms. The van der Waals surface area contributed by atoms with Crippen LogP contribution >= 0.6 is 0 Å². The van der Waals surface area contributed by atoms with Gasteiger partial charge in [0.2, 0.25) is 0 Å². The molecule has 0 aromatic heterocycles. The van der Waals surface area contributed by atoms with Crippen LogP contribution in [0.15, 0.2) is 12.2 Å². The van der Waals surface area contributed by atoms with Crippen LogP contribution in [-0.2, 0) is 9.53 Å². The molecule has 0 heterocycles. The number of carbonyl (C=O) groups is 1. The highest BCUT2D eigenvalue weighted by Gasteiger charge is 2.22. The summed E-state index contributed by atoms with van der Waals surface area (Å²) in [5, 5.41) is 28.0. The Balaban J connectivity index is 4.02. The molecular formula is C14H22O5. The first-order valence-corrected chi connectivity index (χ1v) is 6.02. The predicted octanol–water partition coefficient (Wildman–Crippen LogP) is 0.238. The molecule has 0 radical (unpaired) electrons. The number of carbonyl (C=O) groups excluding carboxylic acids is 1. The summed E-state index contributed by atoms with van der Waals surface area (Å²) < 4.78 is 4.95. The monoisotopic (exact) mass is 270 g/mol. The van der Waals surface area contributed by atoms with Crippen LogP contribution in [-0.4, -0.2) is 46.2 Å². The van der Waals surface area contributed by atoms with Crippen LogP contribution in [0.3, 0.4) is 0 Å². The summed E-state index contributed by atoms with van der Waals surface area (Å²) >= 11 is 0. The lowest BCUT2D eigenvalue weighted by Crippen LogP contribution is -2.28. The lowest BCUT2D eigenvalue weighted by atomic mass is 9.97. The molecule has 0 aliphatic carbocycles. The van der Waals surface area contributed by atoms with E-state index in [0.717, 1.165) is 0 Å². The maximum Gasteiger partial charge on any atom is 0.311 e. The van der Waals surface area contributed by atoms with Crippen molar-refractivity contribution < 1.29 is 24.9 Å². The Bertz CT molecular complexity index is 348. The fourth-order valence-electron chi connectivity index (χ4n) is 1.12. The molecule has 0 aliphatic heterocycles. The first-order valence-electron chi connectivity index (χ1n) is 6.02. The molecule has 0 aromatic carbocycles. The molecule has 19 heavy (non-hydrogen) atoms. The maximum atomic E-state index is 11.4. The molecule has 0 rings (SSSR count). The Morgan fingerprint density at radius 2 is 1.95 bits per heavy atom. The highest BCUT2D eigenvalue weighted by molar-refractivity contribution is 5.75. The highest BCUT2D eigenvalue weighted by atomic mass is 16.5. The predicted molar refractivity (Wildman–Crippen MR) is 71.0 cm³/mol. The maximum absolute atomic E-state index is 11.4. The molecule has 0 fully saturated rings. The first-order chi connectivity index (χ1) is 8.68. The van der Waals surface area contributed by atoms with Gasteiger partial charge in [-0.2, -0.15) is 0 Å². The van der Waals surface area contributed by atoms with E-state index in [4.69, 9.17) is 16.3 Å². The van der Waals surface area contributed by atoms with Crippen molar-refractivity contribution in [3.05, 3.63) is 12.2 Å². The molecule has 0 unspecified atom stereocenters. The van der Waals surface area contributed by atoms with Gasteiger partial charge in [0.05, 0.1) is 17.6 Å². The van der Waals surface area contributed by atoms with Gasteiger partial charge in [-0.15, -0.1) is 6.42 Å². The van der Waals surface area contributed by atoms with Gasteiger partial charge < -0.3 is 20.1 Å². The van der Waals surface area contributed by atoms with Crippen molar-refractivity contribution in [1.29, 1.82) is 0 Å². The number of aliphatic hydroxyl groups excluding tert-OH is 3. The Labute approximate surface area is 113 Å². The Hall–Kier alpha value is -1.35. The zero-order valence-electron chi connectivity index (χ0n) is 11.5. The van der Waals surface area contributed by atoms with Crippen molar-refractivity contribution in [3.8, 4) is 12.3 Å². The van der Waals surface area contributed by atoms with E-state index in [1.807, 2.05) is 5.92 Å². The zero-order valence-corrected chi connectivity index (χ0v) is 11.5. The Morgan fingerprint density at radius 1 is 1.37 bits per heavy atom. The molecule has 0 amide bonds. The van der Waals surface area contributed by atoms with E-state index in [-0.39, 0.29) is 19.0 Å².